The van der Waals surface area contributed by atoms with Crippen LogP contribution in [0.15, 0.2) is 0 Å². The number of aliphatic hydroxyl groups is 1. The van der Waals surface area contributed by atoms with Gasteiger partial charge in [0.15, 0.2) is 6.29 Å². The summed E-state index contributed by atoms with van der Waals surface area (Å²) in [7, 11) is 0. The maximum Gasteiger partial charge on any atom is 0.254 e. The maximum atomic E-state index is 11.2. The summed E-state index contributed by atoms with van der Waals surface area (Å²) in [6, 6.07) is 0. The van der Waals surface area contributed by atoms with Gasteiger partial charge in [0.2, 0.25) is 0 Å². The zero-order chi connectivity index (χ0) is 11.5. The summed E-state index contributed by atoms with van der Waals surface area (Å²) in [5.41, 5.74) is 0. The number of aliphatic hydroxyl groups excluding tert-OH is 1. The van der Waals surface area contributed by atoms with E-state index in [1.54, 1.807) is 0 Å². The normalized spacial score (nSPS) is 25.2. The highest BCUT2D eigenvalue weighted by molar-refractivity contribution is 6.00. The third kappa shape index (κ3) is 2.40. The van der Waals surface area contributed by atoms with Gasteiger partial charge in [-0.2, -0.15) is 5.06 Å². The molecule has 0 saturated carbocycles. The Morgan fingerprint density at radius 3 is 2.38 bits per heavy atom. The number of amides is 2. The molecule has 0 aliphatic carbocycles. The molecule has 6 nitrogen and oxygen atoms in total. The van der Waals surface area contributed by atoms with Crippen molar-refractivity contribution in [2.45, 2.75) is 32.0 Å². The van der Waals surface area contributed by atoms with E-state index in [2.05, 4.69) is 0 Å². The highest BCUT2D eigenvalue weighted by atomic mass is 16.8. The molecule has 0 spiro atoms. The number of hydroxylamine groups is 2. The van der Waals surface area contributed by atoms with Gasteiger partial charge < -0.3 is 9.84 Å². The van der Waals surface area contributed by atoms with E-state index in [9.17, 15) is 14.7 Å². The van der Waals surface area contributed by atoms with E-state index in [1.807, 2.05) is 0 Å². The Morgan fingerprint density at radius 1 is 1.25 bits per heavy atom. The minimum absolute atomic E-state index is 0.0741. The van der Waals surface area contributed by atoms with Crippen molar-refractivity contribution in [3.05, 3.63) is 0 Å². The predicted molar refractivity (Wildman–Crippen MR) is 51.7 cm³/mol. The Balaban J connectivity index is 1.88. The SMILES string of the molecule is O=C1CCC(=O)N1OC(O)C1CCOCC1. The minimum Gasteiger partial charge on any atom is -0.381 e. The molecule has 1 atom stereocenters. The summed E-state index contributed by atoms with van der Waals surface area (Å²) in [6.07, 6.45) is 0.586. The molecule has 0 aromatic carbocycles. The number of hydrogen-bond donors (Lipinski definition) is 1. The Labute approximate surface area is 93.1 Å². The molecule has 2 amide bonds. The molecule has 0 aromatic rings. The van der Waals surface area contributed by atoms with Gasteiger partial charge in [-0.05, 0) is 12.8 Å². The van der Waals surface area contributed by atoms with E-state index in [-0.39, 0.29) is 30.6 Å². The first-order valence-electron chi connectivity index (χ1n) is 5.47. The molecule has 2 rings (SSSR count). The van der Waals surface area contributed by atoms with Gasteiger partial charge in [-0.1, -0.05) is 0 Å². The molecule has 0 aromatic heterocycles. The third-order valence-electron chi connectivity index (χ3n) is 2.89. The fourth-order valence-electron chi connectivity index (χ4n) is 1.87. The van der Waals surface area contributed by atoms with Gasteiger partial charge in [0.1, 0.15) is 0 Å². The van der Waals surface area contributed by atoms with Gasteiger partial charge in [0.05, 0.1) is 0 Å². The lowest BCUT2D eigenvalue weighted by Gasteiger charge is -2.28. The molecule has 90 valence electrons. The van der Waals surface area contributed by atoms with E-state index in [1.165, 1.54) is 0 Å². The van der Waals surface area contributed by atoms with Crippen LogP contribution < -0.4 is 0 Å². The smallest absolute Gasteiger partial charge is 0.254 e. The first-order chi connectivity index (χ1) is 7.68. The number of nitrogens with zero attached hydrogens (tertiary/aromatic N) is 1. The van der Waals surface area contributed by atoms with Crippen LogP contribution in [0.25, 0.3) is 0 Å². The van der Waals surface area contributed by atoms with Crippen LogP contribution in [0, 0.1) is 5.92 Å². The zero-order valence-corrected chi connectivity index (χ0v) is 8.92. The van der Waals surface area contributed by atoms with Crippen molar-refractivity contribution < 1.29 is 24.3 Å². The van der Waals surface area contributed by atoms with Gasteiger partial charge >= 0.3 is 0 Å². The number of carbonyl (C=O) groups excluding carboxylic acids is 2. The third-order valence-corrected chi connectivity index (χ3v) is 2.89. The lowest BCUT2D eigenvalue weighted by atomic mass is 10.0. The van der Waals surface area contributed by atoms with Crippen molar-refractivity contribution in [2.75, 3.05) is 13.2 Å². The summed E-state index contributed by atoms with van der Waals surface area (Å²) in [5.74, 6) is -0.831. The Bertz CT molecular complexity index is 271. The molecule has 2 heterocycles. The molecular weight excluding hydrogens is 214 g/mol. The number of carbonyl (C=O) groups is 2. The fraction of sp³-hybridized carbons (Fsp3) is 0.800. The average Bonchev–Trinajstić information content (AvgIpc) is 2.62. The fourth-order valence-corrected chi connectivity index (χ4v) is 1.87. The van der Waals surface area contributed by atoms with Gasteiger partial charge in [0, 0.05) is 32.0 Å². The first-order valence-corrected chi connectivity index (χ1v) is 5.47. The second kappa shape index (κ2) is 4.90. The molecule has 0 radical (unpaired) electrons. The summed E-state index contributed by atoms with van der Waals surface area (Å²) in [5, 5.41) is 10.4. The lowest BCUT2D eigenvalue weighted by Crippen LogP contribution is -2.39. The molecule has 2 aliphatic heterocycles. The number of imide groups is 1. The van der Waals surface area contributed by atoms with Crippen molar-refractivity contribution in [2.24, 2.45) is 5.92 Å². The first kappa shape index (κ1) is 11.5. The van der Waals surface area contributed by atoms with E-state index in [0.717, 1.165) is 0 Å². The lowest BCUT2D eigenvalue weighted by molar-refractivity contribution is -0.263. The largest absolute Gasteiger partial charge is 0.381 e. The Hall–Kier alpha value is -0.980. The van der Waals surface area contributed by atoms with Crippen molar-refractivity contribution in [1.82, 2.24) is 5.06 Å². The quantitative estimate of drug-likeness (QED) is 0.536. The number of rotatable bonds is 3. The topological polar surface area (TPSA) is 76.1 Å². The molecule has 2 saturated heterocycles. The highest BCUT2D eigenvalue weighted by Crippen LogP contribution is 2.22. The molecule has 2 aliphatic rings. The van der Waals surface area contributed by atoms with Crippen LogP contribution in [0.3, 0.4) is 0 Å². The van der Waals surface area contributed by atoms with E-state index in [0.29, 0.717) is 31.1 Å². The van der Waals surface area contributed by atoms with Gasteiger partial charge in [-0.15, -0.1) is 0 Å². The Morgan fingerprint density at radius 2 is 1.81 bits per heavy atom. The monoisotopic (exact) mass is 229 g/mol. The van der Waals surface area contributed by atoms with Crippen molar-refractivity contribution in [1.29, 1.82) is 0 Å². The summed E-state index contributed by atoms with van der Waals surface area (Å²) < 4.78 is 5.15. The van der Waals surface area contributed by atoms with E-state index >= 15 is 0 Å². The van der Waals surface area contributed by atoms with Crippen LogP contribution in [-0.4, -0.2) is 41.5 Å². The second-order valence-electron chi connectivity index (χ2n) is 4.03. The van der Waals surface area contributed by atoms with Gasteiger partial charge in [-0.25, -0.2) is 4.84 Å². The molecule has 2 fully saturated rings. The van der Waals surface area contributed by atoms with Crippen LogP contribution in [-0.2, 0) is 19.2 Å². The second-order valence-corrected chi connectivity index (χ2v) is 4.03. The molecule has 16 heavy (non-hydrogen) atoms. The summed E-state index contributed by atoms with van der Waals surface area (Å²) in [6.45, 7) is 1.15. The summed E-state index contributed by atoms with van der Waals surface area (Å²) in [4.78, 5) is 27.5. The van der Waals surface area contributed by atoms with Crippen molar-refractivity contribution >= 4 is 11.8 Å². The van der Waals surface area contributed by atoms with Crippen LogP contribution in [0.4, 0.5) is 0 Å². The van der Waals surface area contributed by atoms with Gasteiger partial charge in [0.25, 0.3) is 11.8 Å². The van der Waals surface area contributed by atoms with Crippen molar-refractivity contribution in [3.63, 3.8) is 0 Å². The zero-order valence-electron chi connectivity index (χ0n) is 8.92. The van der Waals surface area contributed by atoms with Crippen LogP contribution in [0.5, 0.6) is 0 Å². The molecular formula is C10H15NO5. The molecule has 0 bridgehead atoms. The Kier molecular flexibility index (Phi) is 3.52. The van der Waals surface area contributed by atoms with E-state index < -0.39 is 6.29 Å². The van der Waals surface area contributed by atoms with Crippen LogP contribution in [0.1, 0.15) is 25.7 Å². The molecule has 1 N–H and O–H groups in total. The predicted octanol–water partition coefficient (Wildman–Crippen LogP) is -0.188. The highest BCUT2D eigenvalue weighted by Gasteiger charge is 2.34. The van der Waals surface area contributed by atoms with Gasteiger partial charge in [-0.3, -0.25) is 9.59 Å². The summed E-state index contributed by atoms with van der Waals surface area (Å²) >= 11 is 0. The van der Waals surface area contributed by atoms with Crippen LogP contribution in [0.2, 0.25) is 0 Å². The van der Waals surface area contributed by atoms with Crippen molar-refractivity contribution in [3.8, 4) is 0 Å². The number of ether oxygens (including phenoxy) is 1. The standard InChI is InChI=1S/C10H15NO5/c12-8-1-2-9(13)11(8)16-10(14)7-3-5-15-6-4-7/h7,10,14H,1-6H2. The maximum absolute atomic E-state index is 11.2. The molecule has 1 unspecified atom stereocenters. The van der Waals surface area contributed by atoms with Crippen LogP contribution >= 0.6 is 0 Å². The molecule has 6 heteroatoms. The average molecular weight is 229 g/mol. The minimum atomic E-state index is -1.10. The van der Waals surface area contributed by atoms with E-state index in [4.69, 9.17) is 9.57 Å². The number of hydrogen-bond acceptors (Lipinski definition) is 5.